The molecule has 0 saturated carbocycles. The molecule has 0 unspecified atom stereocenters. The van der Waals surface area contributed by atoms with Crippen LogP contribution in [0, 0.1) is 0 Å². The summed E-state index contributed by atoms with van der Waals surface area (Å²) in [5.41, 5.74) is 4.08. The minimum atomic E-state index is -0.204. The van der Waals surface area contributed by atoms with Crippen molar-refractivity contribution < 1.29 is 9.90 Å². The van der Waals surface area contributed by atoms with Gasteiger partial charge >= 0.3 is 0 Å². The van der Waals surface area contributed by atoms with Crippen LogP contribution in [0.5, 0.6) is 5.75 Å². The summed E-state index contributed by atoms with van der Waals surface area (Å²) in [5, 5.41) is 14.3. The van der Waals surface area contributed by atoms with Crippen LogP contribution in [-0.4, -0.2) is 28.0 Å². The second kappa shape index (κ2) is 7.61. The second-order valence-electron chi connectivity index (χ2n) is 5.01. The van der Waals surface area contributed by atoms with Crippen molar-refractivity contribution >= 4 is 34.8 Å². The Morgan fingerprint density at radius 1 is 1.21 bits per heavy atom. The summed E-state index contributed by atoms with van der Waals surface area (Å²) in [7, 11) is 0. The topological polar surface area (TPSA) is 74.6 Å². The summed E-state index contributed by atoms with van der Waals surface area (Å²) < 4.78 is 0. The molecule has 3 aromatic rings. The van der Waals surface area contributed by atoms with Crippen LogP contribution in [0.4, 0.5) is 0 Å². The molecule has 1 aromatic heterocycles. The van der Waals surface area contributed by atoms with E-state index in [4.69, 9.17) is 0 Å². The lowest BCUT2D eigenvalue weighted by Gasteiger charge is -2.04. The van der Waals surface area contributed by atoms with E-state index >= 15 is 0 Å². The number of nitrogens with one attached hydrogen (secondary N) is 1. The Hall–Kier alpha value is -2.86. The van der Waals surface area contributed by atoms with Crippen LogP contribution in [0.2, 0.25) is 0 Å². The number of amides is 1. The van der Waals surface area contributed by atoms with E-state index in [9.17, 15) is 9.90 Å². The van der Waals surface area contributed by atoms with Gasteiger partial charge in [0.15, 0.2) is 0 Å². The molecule has 6 heteroatoms. The van der Waals surface area contributed by atoms with Crippen LogP contribution in [-0.2, 0) is 4.79 Å². The van der Waals surface area contributed by atoms with E-state index in [-0.39, 0.29) is 17.4 Å². The number of pyridine rings is 1. The predicted molar refractivity (Wildman–Crippen MR) is 96.3 cm³/mol. The number of phenols is 1. The molecule has 2 N–H and O–H groups in total. The first kappa shape index (κ1) is 16.0. The van der Waals surface area contributed by atoms with Crippen molar-refractivity contribution in [2.75, 3.05) is 5.75 Å². The minimum absolute atomic E-state index is 0.157. The number of hydrazone groups is 1. The molecule has 0 radical (unpaired) electrons. The third-order valence-corrected chi connectivity index (χ3v) is 4.27. The number of nitrogens with zero attached hydrogens (tertiary/aromatic N) is 2. The Morgan fingerprint density at radius 2 is 2.04 bits per heavy atom. The van der Waals surface area contributed by atoms with Gasteiger partial charge in [-0.15, -0.1) is 11.8 Å². The van der Waals surface area contributed by atoms with E-state index < -0.39 is 0 Å². The van der Waals surface area contributed by atoms with Crippen molar-refractivity contribution in [2.24, 2.45) is 5.10 Å². The fourth-order valence-corrected chi connectivity index (χ4v) is 2.99. The van der Waals surface area contributed by atoms with E-state index in [0.29, 0.717) is 5.56 Å². The van der Waals surface area contributed by atoms with Gasteiger partial charge in [0.2, 0.25) is 5.91 Å². The monoisotopic (exact) mass is 337 g/mol. The van der Waals surface area contributed by atoms with Crippen molar-refractivity contribution in [2.45, 2.75) is 4.90 Å². The normalized spacial score (nSPS) is 11.0. The van der Waals surface area contributed by atoms with Gasteiger partial charge in [-0.05, 0) is 29.8 Å². The number of carbonyl (C=O) groups excluding carboxylic acids is 1. The van der Waals surface area contributed by atoms with E-state index in [1.54, 1.807) is 30.5 Å². The molecule has 0 aliphatic rings. The number of benzene rings is 2. The number of hydrogen-bond acceptors (Lipinski definition) is 5. The smallest absolute Gasteiger partial charge is 0.250 e. The highest BCUT2D eigenvalue weighted by molar-refractivity contribution is 8.00. The quantitative estimate of drug-likeness (QED) is 0.426. The van der Waals surface area contributed by atoms with Crippen LogP contribution in [0.15, 0.2) is 70.8 Å². The van der Waals surface area contributed by atoms with Crippen LogP contribution in [0.25, 0.3) is 10.9 Å². The average Bonchev–Trinajstić information content (AvgIpc) is 2.60. The molecular weight excluding hydrogens is 322 g/mol. The third kappa shape index (κ3) is 4.11. The minimum Gasteiger partial charge on any atom is -0.508 e. The molecule has 0 saturated heterocycles. The molecular formula is C18H15N3O2S. The number of hydrogen-bond donors (Lipinski definition) is 2. The number of rotatable bonds is 5. The maximum Gasteiger partial charge on any atom is 0.250 e. The van der Waals surface area contributed by atoms with Gasteiger partial charge < -0.3 is 5.11 Å². The van der Waals surface area contributed by atoms with Gasteiger partial charge in [0, 0.05) is 16.5 Å². The zero-order valence-electron chi connectivity index (χ0n) is 12.7. The lowest BCUT2D eigenvalue weighted by Crippen LogP contribution is -2.19. The number of aromatic hydroxyl groups is 1. The maximum absolute atomic E-state index is 11.9. The van der Waals surface area contributed by atoms with Crippen LogP contribution < -0.4 is 5.43 Å². The first-order valence-electron chi connectivity index (χ1n) is 7.30. The van der Waals surface area contributed by atoms with Crippen molar-refractivity contribution in [3.63, 3.8) is 0 Å². The summed E-state index contributed by atoms with van der Waals surface area (Å²) in [6.45, 7) is 0. The summed E-state index contributed by atoms with van der Waals surface area (Å²) in [4.78, 5) is 17.2. The van der Waals surface area contributed by atoms with E-state index in [1.807, 2.05) is 30.3 Å². The summed E-state index contributed by atoms with van der Waals surface area (Å²) in [6, 6.07) is 16.4. The molecule has 0 bridgehead atoms. The molecule has 0 aliphatic heterocycles. The molecule has 0 fully saturated rings. The molecule has 1 heterocycles. The Bertz CT molecular complexity index is 891. The number of phenolic OH excluding ortho intramolecular Hbond substituents is 1. The van der Waals surface area contributed by atoms with Crippen molar-refractivity contribution in [1.82, 2.24) is 10.4 Å². The summed E-state index contributed by atoms with van der Waals surface area (Å²) >= 11 is 1.42. The number of aromatic nitrogens is 1. The molecule has 120 valence electrons. The lowest BCUT2D eigenvalue weighted by molar-refractivity contribution is -0.118. The van der Waals surface area contributed by atoms with Crippen LogP contribution in [0.1, 0.15) is 5.56 Å². The molecule has 0 atom stereocenters. The van der Waals surface area contributed by atoms with E-state index in [2.05, 4.69) is 15.5 Å². The number of para-hydroxylation sites is 1. The van der Waals surface area contributed by atoms with Crippen molar-refractivity contribution in [1.29, 1.82) is 0 Å². The third-order valence-electron chi connectivity index (χ3n) is 3.23. The largest absolute Gasteiger partial charge is 0.508 e. The highest BCUT2D eigenvalue weighted by atomic mass is 32.2. The summed E-state index contributed by atoms with van der Waals surface area (Å²) in [6.07, 6.45) is 3.23. The highest BCUT2D eigenvalue weighted by Gasteiger charge is 2.05. The Morgan fingerprint density at radius 3 is 2.92 bits per heavy atom. The van der Waals surface area contributed by atoms with Crippen molar-refractivity contribution in [3.8, 4) is 5.75 Å². The molecule has 0 aliphatic carbocycles. The SMILES string of the molecule is O=C(CSc1cccc2cccnc12)NN=Cc1cccc(O)c1. The van der Waals surface area contributed by atoms with Crippen molar-refractivity contribution in [3.05, 3.63) is 66.4 Å². The number of thioether (sulfide) groups is 1. The standard InChI is InChI=1S/C18H15N3O2S/c22-15-7-1-4-13(10-15)11-20-21-17(23)12-24-16-8-2-5-14-6-3-9-19-18(14)16/h1-11,22H,12H2,(H,21,23). The van der Waals surface area contributed by atoms with Gasteiger partial charge in [0.1, 0.15) is 5.75 Å². The van der Waals surface area contributed by atoms with Gasteiger partial charge in [-0.25, -0.2) is 5.43 Å². The Labute approximate surface area is 143 Å². The fourth-order valence-electron chi connectivity index (χ4n) is 2.15. The first-order valence-corrected chi connectivity index (χ1v) is 8.28. The first-order chi connectivity index (χ1) is 11.7. The van der Waals surface area contributed by atoms with Gasteiger partial charge in [-0.1, -0.05) is 30.3 Å². The predicted octanol–water partition coefficient (Wildman–Crippen LogP) is 3.18. The van der Waals surface area contributed by atoms with E-state index in [0.717, 1.165) is 15.8 Å². The molecule has 5 nitrogen and oxygen atoms in total. The molecule has 2 aromatic carbocycles. The lowest BCUT2D eigenvalue weighted by atomic mass is 10.2. The molecule has 24 heavy (non-hydrogen) atoms. The maximum atomic E-state index is 11.9. The Balaban J connectivity index is 1.57. The molecule has 1 amide bonds. The zero-order valence-corrected chi connectivity index (χ0v) is 13.5. The number of fused-ring (bicyclic) bond motifs is 1. The van der Waals surface area contributed by atoms with Gasteiger partial charge in [0.25, 0.3) is 0 Å². The average molecular weight is 337 g/mol. The second-order valence-corrected chi connectivity index (χ2v) is 6.03. The van der Waals surface area contributed by atoms with Crippen LogP contribution >= 0.6 is 11.8 Å². The fraction of sp³-hybridized carbons (Fsp3) is 0.0556. The number of carbonyl (C=O) groups is 1. The summed E-state index contributed by atoms with van der Waals surface area (Å²) in [5.74, 6) is 0.196. The highest BCUT2D eigenvalue weighted by Crippen LogP contribution is 2.25. The van der Waals surface area contributed by atoms with Crippen LogP contribution in [0.3, 0.4) is 0 Å². The van der Waals surface area contributed by atoms with Gasteiger partial charge in [0.05, 0.1) is 17.5 Å². The molecule has 3 rings (SSSR count). The Kier molecular flexibility index (Phi) is 5.08. The van der Waals surface area contributed by atoms with Gasteiger partial charge in [-0.3, -0.25) is 9.78 Å². The van der Waals surface area contributed by atoms with E-state index in [1.165, 1.54) is 18.0 Å². The molecule has 0 spiro atoms. The zero-order chi connectivity index (χ0) is 16.8. The van der Waals surface area contributed by atoms with Gasteiger partial charge in [-0.2, -0.15) is 5.10 Å².